The molecule has 0 amide bonds. The fraction of sp³-hybridized carbons (Fsp3) is 0.300. The molecule has 0 aliphatic rings. The molecule has 2 rings (SSSR count). The summed E-state index contributed by atoms with van der Waals surface area (Å²) in [6.07, 6.45) is 1.85. The Bertz CT molecular complexity index is 417. The highest BCUT2D eigenvalue weighted by Gasteiger charge is 2.14. The summed E-state index contributed by atoms with van der Waals surface area (Å²) in [5.41, 5.74) is 8.37. The highest BCUT2D eigenvalue weighted by atomic mass is 32.1. The van der Waals surface area contributed by atoms with Crippen molar-refractivity contribution >= 4 is 11.3 Å². The van der Waals surface area contributed by atoms with Crippen LogP contribution >= 0.6 is 11.3 Å². The normalized spacial score (nSPS) is 13.1. The van der Waals surface area contributed by atoms with Crippen molar-refractivity contribution in [1.29, 1.82) is 0 Å². The Kier molecular flexibility index (Phi) is 2.39. The van der Waals surface area contributed by atoms with E-state index in [9.17, 15) is 0 Å². The summed E-state index contributed by atoms with van der Waals surface area (Å²) in [5.74, 6) is 0. The summed E-state index contributed by atoms with van der Waals surface area (Å²) < 4.78 is 1.85. The number of nitrogens with two attached hydrogens (primary N) is 1. The van der Waals surface area contributed by atoms with Gasteiger partial charge in [0.25, 0.3) is 0 Å². The van der Waals surface area contributed by atoms with Crippen molar-refractivity contribution in [1.82, 2.24) is 9.78 Å². The fourth-order valence-electron chi connectivity index (χ4n) is 1.44. The molecule has 0 fully saturated rings. The van der Waals surface area contributed by atoms with Gasteiger partial charge >= 0.3 is 0 Å². The van der Waals surface area contributed by atoms with Gasteiger partial charge in [-0.15, -0.1) is 11.3 Å². The molecule has 0 saturated carbocycles. The van der Waals surface area contributed by atoms with Crippen molar-refractivity contribution in [2.24, 2.45) is 12.8 Å². The SMILES string of the molecule is Cc1c(C(N)c2cccs2)cnn1C. The number of nitrogens with zero attached hydrogens (tertiary/aromatic N) is 2. The molecule has 1 atom stereocenters. The summed E-state index contributed by atoms with van der Waals surface area (Å²) in [6, 6.07) is 4.04. The van der Waals surface area contributed by atoms with E-state index in [0.717, 1.165) is 11.3 Å². The van der Waals surface area contributed by atoms with Gasteiger partial charge in [-0.05, 0) is 18.4 Å². The third-order valence-corrected chi connectivity index (χ3v) is 3.41. The predicted molar refractivity (Wildman–Crippen MR) is 58.3 cm³/mol. The zero-order chi connectivity index (χ0) is 10.1. The van der Waals surface area contributed by atoms with Crippen molar-refractivity contribution in [3.8, 4) is 0 Å². The van der Waals surface area contributed by atoms with E-state index >= 15 is 0 Å². The molecule has 2 aromatic heterocycles. The Balaban J connectivity index is 2.36. The van der Waals surface area contributed by atoms with Crippen LogP contribution in [0.5, 0.6) is 0 Å². The van der Waals surface area contributed by atoms with Gasteiger partial charge in [0.15, 0.2) is 0 Å². The van der Waals surface area contributed by atoms with Gasteiger partial charge in [0, 0.05) is 23.2 Å². The average Bonchev–Trinajstić information content (AvgIpc) is 2.77. The summed E-state index contributed by atoms with van der Waals surface area (Å²) >= 11 is 1.68. The highest BCUT2D eigenvalue weighted by Crippen LogP contribution is 2.25. The Morgan fingerprint density at radius 1 is 1.57 bits per heavy atom. The fourth-order valence-corrected chi connectivity index (χ4v) is 2.19. The van der Waals surface area contributed by atoms with Gasteiger partial charge < -0.3 is 5.73 Å². The van der Waals surface area contributed by atoms with E-state index in [0.29, 0.717) is 0 Å². The molecule has 2 N–H and O–H groups in total. The molecule has 0 spiro atoms. The quantitative estimate of drug-likeness (QED) is 0.816. The van der Waals surface area contributed by atoms with Gasteiger partial charge in [0.05, 0.1) is 12.2 Å². The molecule has 74 valence electrons. The Hall–Kier alpha value is -1.13. The molecule has 3 nitrogen and oxygen atoms in total. The first kappa shape index (κ1) is 9.43. The first-order chi connectivity index (χ1) is 6.70. The maximum atomic E-state index is 6.13. The van der Waals surface area contributed by atoms with E-state index in [1.807, 2.05) is 36.3 Å². The number of aryl methyl sites for hydroxylation is 1. The second kappa shape index (κ2) is 3.55. The van der Waals surface area contributed by atoms with E-state index in [1.165, 1.54) is 4.88 Å². The first-order valence-electron chi connectivity index (χ1n) is 4.47. The van der Waals surface area contributed by atoms with E-state index in [2.05, 4.69) is 11.2 Å². The van der Waals surface area contributed by atoms with Gasteiger partial charge in [-0.2, -0.15) is 5.10 Å². The topological polar surface area (TPSA) is 43.8 Å². The molecule has 0 radical (unpaired) electrons. The van der Waals surface area contributed by atoms with Crippen LogP contribution in [-0.2, 0) is 7.05 Å². The highest BCUT2D eigenvalue weighted by molar-refractivity contribution is 7.10. The third kappa shape index (κ3) is 1.47. The Morgan fingerprint density at radius 3 is 2.86 bits per heavy atom. The lowest BCUT2D eigenvalue weighted by Crippen LogP contribution is -2.11. The van der Waals surface area contributed by atoms with Crippen molar-refractivity contribution < 1.29 is 0 Å². The minimum atomic E-state index is -0.0382. The van der Waals surface area contributed by atoms with Gasteiger partial charge in [-0.1, -0.05) is 6.07 Å². The van der Waals surface area contributed by atoms with E-state index < -0.39 is 0 Å². The van der Waals surface area contributed by atoms with E-state index in [-0.39, 0.29) is 6.04 Å². The van der Waals surface area contributed by atoms with Crippen LogP contribution in [-0.4, -0.2) is 9.78 Å². The molecule has 2 heterocycles. The summed E-state index contributed by atoms with van der Waals surface area (Å²) in [7, 11) is 1.93. The first-order valence-corrected chi connectivity index (χ1v) is 5.35. The van der Waals surface area contributed by atoms with Crippen LogP contribution in [0.1, 0.15) is 22.2 Å². The molecule has 1 unspecified atom stereocenters. The maximum Gasteiger partial charge on any atom is 0.0679 e. The van der Waals surface area contributed by atoms with Crippen LogP contribution in [0.4, 0.5) is 0 Å². The molecule has 0 saturated heterocycles. The van der Waals surface area contributed by atoms with Crippen LogP contribution in [0.25, 0.3) is 0 Å². The lowest BCUT2D eigenvalue weighted by molar-refractivity contribution is 0.734. The molecular formula is C10H13N3S. The zero-order valence-electron chi connectivity index (χ0n) is 8.27. The third-order valence-electron chi connectivity index (χ3n) is 2.46. The maximum absolute atomic E-state index is 6.13. The number of aromatic nitrogens is 2. The van der Waals surface area contributed by atoms with Crippen molar-refractivity contribution in [2.75, 3.05) is 0 Å². The molecular weight excluding hydrogens is 194 g/mol. The second-order valence-corrected chi connectivity index (χ2v) is 4.28. The standard InChI is InChI=1S/C10H13N3S/c1-7-8(6-12-13(7)2)10(11)9-4-3-5-14-9/h3-6,10H,11H2,1-2H3. The minimum Gasteiger partial charge on any atom is -0.320 e. The Morgan fingerprint density at radius 2 is 2.36 bits per heavy atom. The van der Waals surface area contributed by atoms with Crippen molar-refractivity contribution in [2.45, 2.75) is 13.0 Å². The van der Waals surface area contributed by atoms with Crippen molar-refractivity contribution in [3.63, 3.8) is 0 Å². The zero-order valence-corrected chi connectivity index (χ0v) is 9.08. The van der Waals surface area contributed by atoms with Gasteiger partial charge in [-0.25, -0.2) is 0 Å². The largest absolute Gasteiger partial charge is 0.320 e. The molecule has 14 heavy (non-hydrogen) atoms. The smallest absolute Gasteiger partial charge is 0.0679 e. The molecule has 4 heteroatoms. The van der Waals surface area contributed by atoms with E-state index in [1.54, 1.807) is 11.3 Å². The lowest BCUT2D eigenvalue weighted by atomic mass is 10.1. The van der Waals surface area contributed by atoms with Crippen LogP contribution in [0.15, 0.2) is 23.7 Å². The lowest BCUT2D eigenvalue weighted by Gasteiger charge is -2.08. The summed E-state index contributed by atoms with van der Waals surface area (Å²) in [4.78, 5) is 1.18. The Labute approximate surface area is 87.2 Å². The summed E-state index contributed by atoms with van der Waals surface area (Å²) in [6.45, 7) is 2.04. The van der Waals surface area contributed by atoms with Crippen LogP contribution in [0.3, 0.4) is 0 Å². The average molecular weight is 207 g/mol. The van der Waals surface area contributed by atoms with Gasteiger partial charge in [0.1, 0.15) is 0 Å². The van der Waals surface area contributed by atoms with Crippen LogP contribution < -0.4 is 5.73 Å². The second-order valence-electron chi connectivity index (χ2n) is 3.30. The number of hydrogen-bond acceptors (Lipinski definition) is 3. The predicted octanol–water partition coefficient (Wildman–Crippen LogP) is 1.84. The molecule has 0 aliphatic carbocycles. The molecule has 0 aliphatic heterocycles. The molecule has 0 aromatic carbocycles. The van der Waals surface area contributed by atoms with Crippen LogP contribution in [0.2, 0.25) is 0 Å². The molecule has 2 aromatic rings. The van der Waals surface area contributed by atoms with Crippen molar-refractivity contribution in [3.05, 3.63) is 39.8 Å². The number of hydrogen-bond donors (Lipinski definition) is 1. The van der Waals surface area contributed by atoms with Crippen LogP contribution in [0, 0.1) is 6.92 Å². The monoisotopic (exact) mass is 207 g/mol. The van der Waals surface area contributed by atoms with Gasteiger partial charge in [0.2, 0.25) is 0 Å². The number of thiophene rings is 1. The summed E-state index contributed by atoms with van der Waals surface area (Å²) in [5, 5.41) is 6.23. The number of rotatable bonds is 2. The molecule has 0 bridgehead atoms. The van der Waals surface area contributed by atoms with E-state index in [4.69, 9.17) is 5.73 Å². The minimum absolute atomic E-state index is 0.0382. The van der Waals surface area contributed by atoms with Gasteiger partial charge in [-0.3, -0.25) is 4.68 Å².